The molecule has 0 unspecified atom stereocenters. The monoisotopic (exact) mass is 372 g/mol. The van der Waals surface area contributed by atoms with Crippen molar-refractivity contribution in [1.82, 2.24) is 4.90 Å². The molecule has 0 bridgehead atoms. The summed E-state index contributed by atoms with van der Waals surface area (Å²) in [5.41, 5.74) is 0.926. The molecule has 1 aromatic carbocycles. The van der Waals surface area contributed by atoms with Gasteiger partial charge in [0, 0.05) is 37.8 Å². The number of hydrogen-bond acceptors (Lipinski definition) is 5. The molecule has 2 aliphatic rings. The first-order valence-corrected chi connectivity index (χ1v) is 9.88. The summed E-state index contributed by atoms with van der Waals surface area (Å²) in [6, 6.07) is 5.36. The highest BCUT2D eigenvalue weighted by molar-refractivity contribution is 5.69. The molecule has 1 saturated heterocycles. The summed E-state index contributed by atoms with van der Waals surface area (Å²) in [6.07, 6.45) is 7.04. The first-order chi connectivity index (χ1) is 13.1. The Labute approximate surface area is 160 Å². The summed E-state index contributed by atoms with van der Waals surface area (Å²) in [4.78, 5) is 16.8. The van der Waals surface area contributed by atoms with Gasteiger partial charge in [0.05, 0.1) is 17.6 Å². The summed E-state index contributed by atoms with van der Waals surface area (Å²) in [7, 11) is 0. The molecule has 1 aromatic rings. The molecule has 1 aliphatic carbocycles. The van der Waals surface area contributed by atoms with E-state index in [2.05, 4.69) is 22.0 Å². The summed E-state index contributed by atoms with van der Waals surface area (Å²) < 4.78 is 5.75. The Morgan fingerprint density at radius 2 is 1.96 bits per heavy atom. The second-order valence-corrected chi connectivity index (χ2v) is 7.41. The molecule has 1 aliphatic heterocycles. The highest BCUT2D eigenvalue weighted by atomic mass is 16.6. The number of piperidine rings is 1. The van der Waals surface area contributed by atoms with Gasteiger partial charge in [-0.25, -0.2) is 4.85 Å². The molecule has 2 fully saturated rings. The van der Waals surface area contributed by atoms with E-state index in [4.69, 9.17) is 11.3 Å². The van der Waals surface area contributed by atoms with Gasteiger partial charge >= 0.3 is 0 Å². The van der Waals surface area contributed by atoms with Crippen LogP contribution < -0.4 is 5.32 Å². The molecule has 7 nitrogen and oxygen atoms in total. The van der Waals surface area contributed by atoms with Crippen LogP contribution in [-0.4, -0.2) is 47.7 Å². The number of nitrogens with zero attached hydrogens (tertiary/aromatic N) is 3. The van der Waals surface area contributed by atoms with Crippen molar-refractivity contribution in [3.63, 3.8) is 0 Å². The highest BCUT2D eigenvalue weighted by Gasteiger charge is 2.29. The molecular weight excluding hydrogens is 344 g/mol. The maximum atomic E-state index is 11.3. The van der Waals surface area contributed by atoms with Crippen LogP contribution in [0.1, 0.15) is 45.4 Å². The molecule has 27 heavy (non-hydrogen) atoms. The molecule has 1 saturated carbocycles. The van der Waals surface area contributed by atoms with Gasteiger partial charge in [-0.05, 0) is 57.6 Å². The molecule has 0 radical (unpaired) electrons. The zero-order chi connectivity index (χ0) is 19.2. The van der Waals surface area contributed by atoms with Crippen molar-refractivity contribution in [2.45, 2.75) is 63.6 Å². The number of anilines is 1. The SMILES string of the molecule is [C-]#[N+]c1ccc([N+](=O)[O-])c(NC2CCN(C3CCC(OCC)CC3)CC2)c1. The summed E-state index contributed by atoms with van der Waals surface area (Å²) >= 11 is 0. The Morgan fingerprint density at radius 1 is 1.26 bits per heavy atom. The van der Waals surface area contributed by atoms with E-state index in [1.807, 2.05) is 0 Å². The molecule has 7 heteroatoms. The number of nitrogens with one attached hydrogen (secondary N) is 1. The van der Waals surface area contributed by atoms with Crippen molar-refractivity contribution in [2.75, 3.05) is 25.0 Å². The Bertz CT molecular complexity index is 687. The highest BCUT2D eigenvalue weighted by Crippen LogP contribution is 2.32. The number of ether oxygens (including phenoxy) is 1. The lowest BCUT2D eigenvalue weighted by molar-refractivity contribution is -0.384. The third-order valence-electron chi connectivity index (χ3n) is 5.76. The van der Waals surface area contributed by atoms with Crippen LogP contribution in [0.25, 0.3) is 4.85 Å². The van der Waals surface area contributed by atoms with Gasteiger partial charge in [0.2, 0.25) is 0 Å². The molecular formula is C20H28N4O3. The quantitative estimate of drug-likeness (QED) is 0.456. The number of benzene rings is 1. The predicted octanol–water partition coefficient (Wildman–Crippen LogP) is 4.37. The van der Waals surface area contributed by atoms with E-state index in [1.165, 1.54) is 25.0 Å². The Kier molecular flexibility index (Phi) is 6.64. The fourth-order valence-corrected chi connectivity index (χ4v) is 4.31. The predicted molar refractivity (Wildman–Crippen MR) is 105 cm³/mol. The first-order valence-electron chi connectivity index (χ1n) is 9.88. The van der Waals surface area contributed by atoms with Gasteiger partial charge in [0.1, 0.15) is 5.69 Å². The molecule has 1 N–H and O–H groups in total. The normalized spacial score (nSPS) is 24.3. The largest absolute Gasteiger partial charge is 0.379 e. The van der Waals surface area contributed by atoms with Crippen LogP contribution in [0, 0.1) is 16.7 Å². The lowest BCUT2D eigenvalue weighted by Gasteiger charge is -2.41. The van der Waals surface area contributed by atoms with Gasteiger partial charge in [-0.15, -0.1) is 0 Å². The zero-order valence-corrected chi connectivity index (χ0v) is 15.9. The van der Waals surface area contributed by atoms with Gasteiger partial charge in [-0.2, -0.15) is 0 Å². The maximum absolute atomic E-state index is 11.3. The van der Waals surface area contributed by atoms with Crippen LogP contribution in [0.5, 0.6) is 0 Å². The number of nitro benzene ring substituents is 1. The molecule has 1 heterocycles. The zero-order valence-electron chi connectivity index (χ0n) is 15.9. The number of likely N-dealkylation sites (tertiary alicyclic amines) is 1. The number of rotatable bonds is 6. The van der Waals surface area contributed by atoms with Crippen LogP contribution >= 0.6 is 0 Å². The van der Waals surface area contributed by atoms with Crippen molar-refractivity contribution in [1.29, 1.82) is 0 Å². The van der Waals surface area contributed by atoms with Crippen molar-refractivity contribution < 1.29 is 9.66 Å². The summed E-state index contributed by atoms with van der Waals surface area (Å²) in [5.74, 6) is 0. The van der Waals surface area contributed by atoms with Crippen molar-refractivity contribution in [2.24, 2.45) is 0 Å². The third-order valence-corrected chi connectivity index (χ3v) is 5.76. The molecule has 0 amide bonds. The van der Waals surface area contributed by atoms with E-state index in [1.54, 1.807) is 6.07 Å². The van der Waals surface area contributed by atoms with Gasteiger partial charge < -0.3 is 15.0 Å². The van der Waals surface area contributed by atoms with E-state index in [-0.39, 0.29) is 16.7 Å². The van der Waals surface area contributed by atoms with Crippen LogP contribution in [0.4, 0.5) is 17.1 Å². The topological polar surface area (TPSA) is 72.0 Å². The van der Waals surface area contributed by atoms with Crippen molar-refractivity contribution in [3.05, 3.63) is 39.7 Å². The van der Waals surface area contributed by atoms with Gasteiger partial charge in [-0.1, -0.05) is 0 Å². The summed E-state index contributed by atoms with van der Waals surface area (Å²) in [5, 5.41) is 14.6. The minimum absolute atomic E-state index is 0.0408. The third kappa shape index (κ3) is 4.96. The van der Waals surface area contributed by atoms with Crippen molar-refractivity contribution in [3.8, 4) is 0 Å². The van der Waals surface area contributed by atoms with Crippen LogP contribution in [-0.2, 0) is 4.74 Å². The number of hydrogen-bond donors (Lipinski definition) is 1. The second kappa shape index (κ2) is 9.16. The Balaban J connectivity index is 1.53. The molecule has 146 valence electrons. The second-order valence-electron chi connectivity index (χ2n) is 7.41. The minimum atomic E-state index is -0.387. The lowest BCUT2D eigenvalue weighted by atomic mass is 9.90. The number of nitro groups is 1. The fraction of sp³-hybridized carbons (Fsp3) is 0.650. The van der Waals surface area contributed by atoms with E-state index < -0.39 is 0 Å². The first kappa shape index (κ1) is 19.6. The standard InChI is InChI=1S/C20H28N4O3/c1-3-27-18-7-5-17(6-8-18)23-12-10-15(11-13-23)22-19-14-16(21-2)4-9-20(19)24(25)26/h4,9,14-15,17-18,22H,3,5-8,10-13H2,1H3. The van der Waals surface area contributed by atoms with Gasteiger partial charge in [-0.3, -0.25) is 10.1 Å². The van der Waals surface area contributed by atoms with Gasteiger partial charge in [0.25, 0.3) is 5.69 Å². The van der Waals surface area contributed by atoms with Crippen LogP contribution in [0.3, 0.4) is 0 Å². The average Bonchev–Trinajstić information content (AvgIpc) is 2.69. The van der Waals surface area contributed by atoms with Gasteiger partial charge in [0.15, 0.2) is 5.69 Å². The molecule has 0 atom stereocenters. The van der Waals surface area contributed by atoms with E-state index in [9.17, 15) is 10.1 Å². The summed E-state index contributed by atoms with van der Waals surface area (Å²) in [6.45, 7) is 12.0. The molecule has 0 aromatic heterocycles. The van der Waals surface area contributed by atoms with Crippen molar-refractivity contribution >= 4 is 17.1 Å². The van der Waals surface area contributed by atoms with E-state index in [0.717, 1.165) is 45.4 Å². The Morgan fingerprint density at radius 3 is 2.56 bits per heavy atom. The van der Waals surface area contributed by atoms with E-state index in [0.29, 0.717) is 23.5 Å². The minimum Gasteiger partial charge on any atom is -0.379 e. The smallest absolute Gasteiger partial charge is 0.289 e. The lowest BCUT2D eigenvalue weighted by Crippen LogP contribution is -2.46. The fourth-order valence-electron chi connectivity index (χ4n) is 4.31. The molecule has 0 spiro atoms. The molecule has 3 rings (SSSR count). The Hall–Kier alpha value is -2.17. The van der Waals surface area contributed by atoms with Crippen LogP contribution in [0.2, 0.25) is 0 Å². The maximum Gasteiger partial charge on any atom is 0.289 e. The van der Waals surface area contributed by atoms with Crippen LogP contribution in [0.15, 0.2) is 18.2 Å². The average molecular weight is 372 g/mol. The van der Waals surface area contributed by atoms with E-state index >= 15 is 0 Å².